The van der Waals surface area contributed by atoms with Gasteiger partial charge in [0, 0.05) is 24.4 Å². The Kier molecular flexibility index (Phi) is 5.29. The number of nitrogens with one attached hydrogen (secondary N) is 2. The molecule has 0 bridgehead atoms. The maximum absolute atomic E-state index is 12.0. The van der Waals surface area contributed by atoms with Gasteiger partial charge in [-0.15, -0.1) is 0 Å². The van der Waals surface area contributed by atoms with Crippen LogP contribution in [-0.2, 0) is 9.53 Å². The summed E-state index contributed by atoms with van der Waals surface area (Å²) in [4.78, 5) is 23.7. The van der Waals surface area contributed by atoms with Gasteiger partial charge in [-0.3, -0.25) is 4.79 Å². The third-order valence-electron chi connectivity index (χ3n) is 3.62. The number of carbonyl (C=O) groups is 2. The van der Waals surface area contributed by atoms with Crippen LogP contribution in [0.1, 0.15) is 52.0 Å². The molecule has 1 saturated carbocycles. The average molecular weight is 318 g/mol. The summed E-state index contributed by atoms with van der Waals surface area (Å²) in [5.74, 6) is 0.367. The maximum atomic E-state index is 12.0. The Hall–Kier alpha value is -2.04. The fourth-order valence-corrected chi connectivity index (χ4v) is 2.53. The smallest absolute Gasteiger partial charge is 0.407 e. The van der Waals surface area contributed by atoms with Crippen LogP contribution in [0.25, 0.3) is 0 Å². The van der Waals surface area contributed by atoms with Crippen molar-refractivity contribution in [3.63, 3.8) is 0 Å². The van der Waals surface area contributed by atoms with Gasteiger partial charge in [0.05, 0.1) is 0 Å². The molecule has 2 rings (SSSR count). The van der Waals surface area contributed by atoms with E-state index >= 15 is 0 Å². The standard InChI is InChI=1S/C18H26N2O3/c1-12(19-17(22)23-18(2,3)4)10-16(21)20-15-11-14(15)13-8-6-5-7-9-13/h5-9,12,14-15H,10-11H2,1-4H3,(H,19,22)(H,20,21)/t12-,14+,15+/m1/s1. The van der Waals surface area contributed by atoms with Crippen LogP contribution in [0.5, 0.6) is 0 Å². The van der Waals surface area contributed by atoms with Crippen molar-refractivity contribution < 1.29 is 14.3 Å². The second-order valence-electron chi connectivity index (χ2n) is 7.18. The zero-order valence-corrected chi connectivity index (χ0v) is 14.3. The van der Waals surface area contributed by atoms with E-state index < -0.39 is 11.7 Å². The zero-order chi connectivity index (χ0) is 17.0. The zero-order valence-electron chi connectivity index (χ0n) is 14.3. The lowest BCUT2D eigenvalue weighted by molar-refractivity contribution is -0.121. The molecule has 0 spiro atoms. The first-order valence-electron chi connectivity index (χ1n) is 8.08. The number of rotatable bonds is 5. The van der Waals surface area contributed by atoms with Gasteiger partial charge in [0.15, 0.2) is 0 Å². The molecule has 0 unspecified atom stereocenters. The molecule has 1 aromatic rings. The fourth-order valence-electron chi connectivity index (χ4n) is 2.53. The van der Waals surface area contributed by atoms with Crippen molar-refractivity contribution in [3.05, 3.63) is 35.9 Å². The monoisotopic (exact) mass is 318 g/mol. The molecule has 1 aromatic carbocycles. The van der Waals surface area contributed by atoms with Gasteiger partial charge >= 0.3 is 6.09 Å². The van der Waals surface area contributed by atoms with Crippen LogP contribution in [-0.4, -0.2) is 29.7 Å². The molecule has 1 fully saturated rings. The van der Waals surface area contributed by atoms with Gasteiger partial charge in [0.25, 0.3) is 0 Å². The summed E-state index contributed by atoms with van der Waals surface area (Å²) in [6.07, 6.45) is 0.729. The number of carbonyl (C=O) groups excluding carboxylic acids is 2. The highest BCUT2D eigenvalue weighted by atomic mass is 16.6. The minimum absolute atomic E-state index is 0.0445. The molecule has 126 valence electrons. The number of benzene rings is 1. The van der Waals surface area contributed by atoms with Crippen LogP contribution in [0.3, 0.4) is 0 Å². The lowest BCUT2D eigenvalue weighted by atomic mass is 10.1. The van der Waals surface area contributed by atoms with Gasteiger partial charge in [0.1, 0.15) is 5.60 Å². The van der Waals surface area contributed by atoms with Crippen molar-refractivity contribution in [2.24, 2.45) is 0 Å². The number of ether oxygens (including phenoxy) is 1. The van der Waals surface area contributed by atoms with Crippen molar-refractivity contribution in [2.75, 3.05) is 0 Å². The molecule has 1 aliphatic carbocycles. The number of hydrogen-bond donors (Lipinski definition) is 2. The van der Waals surface area contributed by atoms with E-state index in [0.29, 0.717) is 5.92 Å². The SMILES string of the molecule is C[C@H](CC(=O)N[C@H]1C[C@H]1c1ccccc1)NC(=O)OC(C)(C)C. The van der Waals surface area contributed by atoms with E-state index in [-0.39, 0.29) is 24.4 Å². The van der Waals surface area contributed by atoms with Crippen LogP contribution in [0.15, 0.2) is 30.3 Å². The van der Waals surface area contributed by atoms with E-state index in [1.54, 1.807) is 27.7 Å². The fraction of sp³-hybridized carbons (Fsp3) is 0.556. The van der Waals surface area contributed by atoms with Crippen LogP contribution >= 0.6 is 0 Å². The van der Waals surface area contributed by atoms with E-state index in [4.69, 9.17) is 4.74 Å². The average Bonchev–Trinajstić information content (AvgIpc) is 3.15. The largest absolute Gasteiger partial charge is 0.444 e. The molecule has 3 atom stereocenters. The lowest BCUT2D eigenvalue weighted by Gasteiger charge is -2.21. The Morgan fingerprint density at radius 3 is 2.52 bits per heavy atom. The number of hydrogen-bond acceptors (Lipinski definition) is 3. The van der Waals surface area contributed by atoms with Crippen LogP contribution < -0.4 is 10.6 Å². The molecular formula is C18H26N2O3. The molecule has 5 nitrogen and oxygen atoms in total. The minimum Gasteiger partial charge on any atom is -0.444 e. The predicted octanol–water partition coefficient (Wildman–Crippen LogP) is 2.96. The highest BCUT2D eigenvalue weighted by molar-refractivity contribution is 5.78. The highest BCUT2D eigenvalue weighted by Gasteiger charge is 2.39. The molecule has 0 aromatic heterocycles. The first kappa shape index (κ1) is 17.3. The van der Waals surface area contributed by atoms with E-state index in [1.807, 2.05) is 18.2 Å². The van der Waals surface area contributed by atoms with Gasteiger partial charge in [-0.1, -0.05) is 30.3 Å². The summed E-state index contributed by atoms with van der Waals surface area (Å²) in [6.45, 7) is 7.22. The lowest BCUT2D eigenvalue weighted by Crippen LogP contribution is -2.40. The summed E-state index contributed by atoms with van der Waals surface area (Å²) in [6, 6.07) is 10.1. The Balaban J connectivity index is 1.70. The molecule has 0 radical (unpaired) electrons. The van der Waals surface area contributed by atoms with E-state index in [9.17, 15) is 9.59 Å². The Bertz CT molecular complexity index is 551. The molecule has 0 heterocycles. The van der Waals surface area contributed by atoms with Crippen molar-refractivity contribution in [1.82, 2.24) is 10.6 Å². The third-order valence-corrected chi connectivity index (χ3v) is 3.62. The summed E-state index contributed by atoms with van der Waals surface area (Å²) >= 11 is 0. The Morgan fingerprint density at radius 2 is 1.91 bits per heavy atom. The molecule has 1 aliphatic rings. The first-order valence-corrected chi connectivity index (χ1v) is 8.08. The molecule has 0 aliphatic heterocycles. The maximum Gasteiger partial charge on any atom is 0.407 e. The van der Waals surface area contributed by atoms with Gasteiger partial charge in [-0.05, 0) is 39.7 Å². The number of amides is 2. The third kappa shape index (κ3) is 5.93. The first-order chi connectivity index (χ1) is 10.7. The van der Waals surface area contributed by atoms with Crippen LogP contribution in [0, 0.1) is 0 Å². The van der Waals surface area contributed by atoms with E-state index in [0.717, 1.165) is 6.42 Å². The van der Waals surface area contributed by atoms with Crippen molar-refractivity contribution in [3.8, 4) is 0 Å². The molecule has 5 heteroatoms. The van der Waals surface area contributed by atoms with Crippen molar-refractivity contribution in [1.29, 1.82) is 0 Å². The summed E-state index contributed by atoms with van der Waals surface area (Å²) in [5, 5.41) is 5.71. The highest BCUT2D eigenvalue weighted by Crippen LogP contribution is 2.40. The van der Waals surface area contributed by atoms with Crippen LogP contribution in [0.2, 0.25) is 0 Å². The summed E-state index contributed by atoms with van der Waals surface area (Å²) < 4.78 is 5.18. The second kappa shape index (κ2) is 7.02. The van der Waals surface area contributed by atoms with Gasteiger partial charge in [-0.25, -0.2) is 4.79 Å². The molecule has 2 amide bonds. The van der Waals surface area contributed by atoms with Gasteiger partial charge in [0.2, 0.25) is 5.91 Å². The van der Waals surface area contributed by atoms with Gasteiger partial charge in [-0.2, -0.15) is 0 Å². The molecule has 0 saturated heterocycles. The van der Waals surface area contributed by atoms with Gasteiger partial charge < -0.3 is 15.4 Å². The molecule has 23 heavy (non-hydrogen) atoms. The Morgan fingerprint density at radius 1 is 1.26 bits per heavy atom. The normalized spacial score (nSPS) is 21.2. The number of alkyl carbamates (subject to hydrolysis) is 1. The van der Waals surface area contributed by atoms with E-state index in [2.05, 4.69) is 22.8 Å². The van der Waals surface area contributed by atoms with Crippen molar-refractivity contribution in [2.45, 2.75) is 64.1 Å². The topological polar surface area (TPSA) is 67.4 Å². The van der Waals surface area contributed by atoms with Crippen molar-refractivity contribution >= 4 is 12.0 Å². The predicted molar refractivity (Wildman–Crippen MR) is 89.2 cm³/mol. The molecular weight excluding hydrogens is 292 g/mol. The Labute approximate surface area is 137 Å². The van der Waals surface area contributed by atoms with Crippen LogP contribution in [0.4, 0.5) is 4.79 Å². The van der Waals surface area contributed by atoms with E-state index in [1.165, 1.54) is 5.56 Å². The summed E-state index contributed by atoms with van der Waals surface area (Å²) in [5.41, 5.74) is 0.723. The second-order valence-corrected chi connectivity index (χ2v) is 7.18. The minimum atomic E-state index is -0.539. The summed E-state index contributed by atoms with van der Waals surface area (Å²) in [7, 11) is 0. The molecule has 2 N–H and O–H groups in total. The quantitative estimate of drug-likeness (QED) is 0.877.